The molecule has 108 valence electrons. The van der Waals surface area contributed by atoms with Gasteiger partial charge in [0.25, 0.3) is 0 Å². The highest BCUT2D eigenvalue weighted by Gasteiger charge is 2.15. The normalized spacial score (nSPS) is 12.1. The summed E-state index contributed by atoms with van der Waals surface area (Å²) in [5.41, 5.74) is 1.52. The highest BCUT2D eigenvalue weighted by atomic mass is 16.5. The van der Waals surface area contributed by atoms with Crippen LogP contribution in [0.4, 0.5) is 0 Å². The zero-order chi connectivity index (χ0) is 15.3. The van der Waals surface area contributed by atoms with E-state index in [1.54, 1.807) is 19.1 Å². The molecule has 1 aromatic rings. The fourth-order valence-electron chi connectivity index (χ4n) is 1.61. The molecule has 0 aliphatic carbocycles. The van der Waals surface area contributed by atoms with Crippen molar-refractivity contribution < 1.29 is 19.4 Å². The minimum Gasteiger partial charge on any atom is -0.502 e. The second-order valence-electron chi connectivity index (χ2n) is 5.44. The Morgan fingerprint density at radius 1 is 1.20 bits per heavy atom. The van der Waals surface area contributed by atoms with Crippen molar-refractivity contribution in [2.45, 2.75) is 33.1 Å². The summed E-state index contributed by atoms with van der Waals surface area (Å²) in [4.78, 5) is 23.1. The van der Waals surface area contributed by atoms with Gasteiger partial charge in [-0.25, -0.2) is 4.79 Å². The maximum absolute atomic E-state index is 11.9. The van der Waals surface area contributed by atoms with Crippen LogP contribution in [0.15, 0.2) is 36.1 Å². The standard InChI is InChI=1S/C16H20O4/c1-5-20-15(19)14(18)10-13(17)11-6-8-12(9-7-11)16(2,3)4/h6-10,18H,5H2,1-4H3. The number of carbonyl (C=O) groups is 2. The lowest BCUT2D eigenvalue weighted by Crippen LogP contribution is -2.11. The molecular weight excluding hydrogens is 256 g/mol. The Balaban J connectivity index is 2.88. The summed E-state index contributed by atoms with van der Waals surface area (Å²) in [5.74, 6) is -2.01. The SMILES string of the molecule is CCOC(=O)C(O)=CC(=O)c1ccc(C(C)(C)C)cc1. The Hall–Kier alpha value is -2.10. The van der Waals surface area contributed by atoms with Crippen molar-refractivity contribution in [1.29, 1.82) is 0 Å². The van der Waals surface area contributed by atoms with Crippen LogP contribution in [0, 0.1) is 0 Å². The second kappa shape index (κ2) is 6.37. The van der Waals surface area contributed by atoms with Gasteiger partial charge in [-0.1, -0.05) is 45.0 Å². The molecule has 0 radical (unpaired) electrons. The van der Waals surface area contributed by atoms with Gasteiger partial charge in [0.2, 0.25) is 5.76 Å². The Labute approximate surface area is 119 Å². The smallest absolute Gasteiger partial charge is 0.373 e. The van der Waals surface area contributed by atoms with Gasteiger partial charge in [0, 0.05) is 11.6 Å². The molecule has 0 fully saturated rings. The maximum Gasteiger partial charge on any atom is 0.373 e. The Bertz CT molecular complexity index is 518. The van der Waals surface area contributed by atoms with Gasteiger partial charge in [-0.05, 0) is 17.9 Å². The van der Waals surface area contributed by atoms with Crippen LogP contribution < -0.4 is 0 Å². The number of aliphatic hydroxyl groups excluding tert-OH is 1. The van der Waals surface area contributed by atoms with E-state index in [1.165, 1.54) is 0 Å². The van der Waals surface area contributed by atoms with Crippen LogP contribution in [-0.4, -0.2) is 23.5 Å². The van der Waals surface area contributed by atoms with Crippen LogP contribution in [0.3, 0.4) is 0 Å². The minimum absolute atomic E-state index is 0.00445. The molecule has 1 rings (SSSR count). The molecule has 1 N–H and O–H groups in total. The molecule has 0 amide bonds. The maximum atomic E-state index is 11.9. The van der Waals surface area contributed by atoms with E-state index in [1.807, 2.05) is 12.1 Å². The second-order valence-corrected chi connectivity index (χ2v) is 5.44. The van der Waals surface area contributed by atoms with E-state index in [4.69, 9.17) is 0 Å². The van der Waals surface area contributed by atoms with Crippen molar-refractivity contribution in [2.24, 2.45) is 0 Å². The van der Waals surface area contributed by atoms with Crippen molar-refractivity contribution in [2.75, 3.05) is 6.61 Å². The summed E-state index contributed by atoms with van der Waals surface area (Å²) in [7, 11) is 0. The summed E-state index contributed by atoms with van der Waals surface area (Å²) in [6, 6.07) is 7.08. The van der Waals surface area contributed by atoms with E-state index in [9.17, 15) is 14.7 Å². The van der Waals surface area contributed by atoms with Crippen molar-refractivity contribution in [3.05, 3.63) is 47.2 Å². The topological polar surface area (TPSA) is 63.6 Å². The van der Waals surface area contributed by atoms with Crippen LogP contribution in [0.2, 0.25) is 0 Å². The number of carbonyl (C=O) groups excluding carboxylic acids is 2. The lowest BCUT2D eigenvalue weighted by Gasteiger charge is -2.18. The average Bonchev–Trinajstić information content (AvgIpc) is 2.38. The number of ketones is 1. The van der Waals surface area contributed by atoms with Crippen LogP contribution in [0.25, 0.3) is 0 Å². The number of ether oxygens (including phenoxy) is 1. The molecule has 20 heavy (non-hydrogen) atoms. The number of rotatable bonds is 4. The molecule has 0 atom stereocenters. The fourth-order valence-corrected chi connectivity index (χ4v) is 1.61. The first kappa shape index (κ1) is 16.0. The number of aliphatic hydroxyl groups is 1. The van der Waals surface area contributed by atoms with E-state index in [2.05, 4.69) is 25.5 Å². The third-order valence-electron chi connectivity index (χ3n) is 2.79. The number of hydrogen-bond donors (Lipinski definition) is 1. The molecule has 0 aliphatic heterocycles. The van der Waals surface area contributed by atoms with Crippen LogP contribution in [0.1, 0.15) is 43.6 Å². The molecule has 0 spiro atoms. The molecule has 0 aliphatic rings. The Morgan fingerprint density at radius 3 is 2.20 bits per heavy atom. The molecule has 0 saturated heterocycles. The first-order valence-corrected chi connectivity index (χ1v) is 6.48. The van der Waals surface area contributed by atoms with Gasteiger partial charge in [0.15, 0.2) is 5.78 Å². The van der Waals surface area contributed by atoms with Crippen LogP contribution in [-0.2, 0) is 14.9 Å². The molecule has 0 saturated carbocycles. The average molecular weight is 276 g/mol. The Kier molecular flexibility index (Phi) is 5.08. The Morgan fingerprint density at radius 2 is 1.75 bits per heavy atom. The number of hydrogen-bond acceptors (Lipinski definition) is 4. The highest BCUT2D eigenvalue weighted by Crippen LogP contribution is 2.22. The van der Waals surface area contributed by atoms with E-state index < -0.39 is 17.5 Å². The monoisotopic (exact) mass is 276 g/mol. The molecule has 4 nitrogen and oxygen atoms in total. The lowest BCUT2D eigenvalue weighted by atomic mass is 9.86. The third kappa shape index (κ3) is 4.23. The summed E-state index contributed by atoms with van der Waals surface area (Å²) in [6.07, 6.45) is 0.879. The largest absolute Gasteiger partial charge is 0.502 e. The molecule has 0 aromatic heterocycles. The van der Waals surface area contributed by atoms with Crippen molar-refractivity contribution in [3.63, 3.8) is 0 Å². The van der Waals surface area contributed by atoms with Gasteiger partial charge in [-0.3, -0.25) is 4.79 Å². The van der Waals surface area contributed by atoms with Gasteiger partial charge in [-0.15, -0.1) is 0 Å². The van der Waals surface area contributed by atoms with E-state index in [-0.39, 0.29) is 12.0 Å². The zero-order valence-electron chi connectivity index (χ0n) is 12.3. The predicted octanol–water partition coefficient (Wildman–Crippen LogP) is 3.17. The molecular formula is C16H20O4. The first-order chi connectivity index (χ1) is 9.25. The highest BCUT2D eigenvalue weighted by molar-refractivity contribution is 6.07. The third-order valence-corrected chi connectivity index (χ3v) is 2.79. The van der Waals surface area contributed by atoms with Gasteiger partial charge < -0.3 is 9.84 Å². The summed E-state index contributed by atoms with van der Waals surface area (Å²) in [6.45, 7) is 8.01. The van der Waals surface area contributed by atoms with Gasteiger partial charge >= 0.3 is 5.97 Å². The molecule has 0 unspecified atom stereocenters. The molecule has 4 heteroatoms. The van der Waals surface area contributed by atoms with E-state index in [0.717, 1.165) is 11.6 Å². The predicted molar refractivity (Wildman–Crippen MR) is 76.8 cm³/mol. The van der Waals surface area contributed by atoms with Crippen LogP contribution in [0.5, 0.6) is 0 Å². The number of allylic oxidation sites excluding steroid dienone is 1. The van der Waals surface area contributed by atoms with E-state index >= 15 is 0 Å². The fraction of sp³-hybridized carbons (Fsp3) is 0.375. The van der Waals surface area contributed by atoms with Gasteiger partial charge in [-0.2, -0.15) is 0 Å². The lowest BCUT2D eigenvalue weighted by molar-refractivity contribution is -0.141. The van der Waals surface area contributed by atoms with E-state index in [0.29, 0.717) is 5.56 Å². The first-order valence-electron chi connectivity index (χ1n) is 6.48. The van der Waals surface area contributed by atoms with Gasteiger partial charge in [0.05, 0.1) is 6.61 Å². The zero-order valence-corrected chi connectivity index (χ0v) is 12.3. The minimum atomic E-state index is -0.896. The van der Waals surface area contributed by atoms with Crippen molar-refractivity contribution >= 4 is 11.8 Å². The van der Waals surface area contributed by atoms with Crippen molar-refractivity contribution in [1.82, 2.24) is 0 Å². The molecule has 1 aromatic carbocycles. The van der Waals surface area contributed by atoms with Crippen LogP contribution >= 0.6 is 0 Å². The van der Waals surface area contributed by atoms with Gasteiger partial charge in [0.1, 0.15) is 0 Å². The summed E-state index contributed by atoms with van der Waals surface area (Å²) in [5, 5.41) is 9.43. The quantitative estimate of drug-likeness (QED) is 0.397. The summed E-state index contributed by atoms with van der Waals surface area (Å²) < 4.78 is 4.59. The molecule has 0 bridgehead atoms. The number of esters is 1. The number of benzene rings is 1. The van der Waals surface area contributed by atoms with Crippen molar-refractivity contribution in [3.8, 4) is 0 Å². The summed E-state index contributed by atoms with van der Waals surface area (Å²) >= 11 is 0. The molecule has 0 heterocycles.